The van der Waals surface area contributed by atoms with Crippen molar-refractivity contribution in [2.45, 2.75) is 19.5 Å². The third kappa shape index (κ3) is 3.30. The van der Waals surface area contributed by atoms with Crippen LogP contribution >= 0.6 is 0 Å². The van der Waals surface area contributed by atoms with Crippen LogP contribution in [0.1, 0.15) is 17.9 Å². The highest BCUT2D eigenvalue weighted by atomic mass is 19.1. The third-order valence-corrected chi connectivity index (χ3v) is 3.96. The second kappa shape index (κ2) is 6.84. The lowest BCUT2D eigenvalue weighted by Gasteiger charge is -2.20. The Morgan fingerprint density at radius 3 is 3.12 bits per heavy atom. The molecular formula is C17H19FN4O2. The van der Waals surface area contributed by atoms with Crippen LogP contribution in [0.5, 0.6) is 5.75 Å². The molecule has 1 aliphatic carbocycles. The lowest BCUT2D eigenvalue weighted by molar-refractivity contribution is 0.422. The van der Waals surface area contributed by atoms with Gasteiger partial charge in [0.2, 0.25) is 5.75 Å². The second-order valence-corrected chi connectivity index (χ2v) is 5.63. The molecule has 1 aliphatic heterocycles. The van der Waals surface area contributed by atoms with Crippen LogP contribution < -0.4 is 16.2 Å². The highest BCUT2D eigenvalue weighted by Gasteiger charge is 2.19. The van der Waals surface area contributed by atoms with Crippen molar-refractivity contribution in [2.75, 3.05) is 13.1 Å². The predicted molar refractivity (Wildman–Crippen MR) is 89.9 cm³/mol. The first-order valence-electron chi connectivity index (χ1n) is 7.75. The molecule has 2 aliphatic rings. The molecule has 126 valence electrons. The Morgan fingerprint density at radius 2 is 2.29 bits per heavy atom. The van der Waals surface area contributed by atoms with Crippen molar-refractivity contribution in [2.24, 2.45) is 0 Å². The van der Waals surface area contributed by atoms with E-state index in [2.05, 4.69) is 22.2 Å². The molecule has 1 aromatic rings. The van der Waals surface area contributed by atoms with E-state index in [-0.39, 0.29) is 11.5 Å². The van der Waals surface area contributed by atoms with Crippen LogP contribution in [-0.4, -0.2) is 27.7 Å². The molecule has 0 unspecified atom stereocenters. The average molecular weight is 330 g/mol. The number of aromatic nitrogens is 2. The van der Waals surface area contributed by atoms with E-state index in [0.717, 1.165) is 5.57 Å². The lowest BCUT2D eigenvalue weighted by Crippen LogP contribution is -2.37. The van der Waals surface area contributed by atoms with Crippen molar-refractivity contribution in [3.8, 4) is 5.75 Å². The topological polar surface area (TPSA) is 79.2 Å². The van der Waals surface area contributed by atoms with Gasteiger partial charge in [0.05, 0.1) is 12.2 Å². The van der Waals surface area contributed by atoms with Crippen LogP contribution in [0.25, 0.3) is 5.70 Å². The maximum Gasteiger partial charge on any atom is 0.296 e. The molecule has 0 saturated carbocycles. The summed E-state index contributed by atoms with van der Waals surface area (Å²) in [4.78, 5) is 16.6. The molecular weight excluding hydrogens is 311 g/mol. The quantitative estimate of drug-likeness (QED) is 0.777. The van der Waals surface area contributed by atoms with Crippen molar-refractivity contribution >= 4 is 5.70 Å². The van der Waals surface area contributed by atoms with Crippen LogP contribution in [0.2, 0.25) is 0 Å². The molecule has 2 heterocycles. The standard InChI is InChI=1S/C17H19FN4O2/c1-11(20-9-12-3-2-4-13(18)6-5-12)15-16(23)17(24)22-8-7-19-10-14(22)21-15/h3-6,19-20,23H,1-2,7-10H2. The van der Waals surface area contributed by atoms with E-state index in [9.17, 15) is 14.3 Å². The maximum absolute atomic E-state index is 13.2. The fourth-order valence-electron chi connectivity index (χ4n) is 2.62. The van der Waals surface area contributed by atoms with Gasteiger partial charge in [-0.25, -0.2) is 9.37 Å². The molecule has 6 nitrogen and oxygen atoms in total. The summed E-state index contributed by atoms with van der Waals surface area (Å²) in [6.45, 7) is 5.86. The van der Waals surface area contributed by atoms with Crippen molar-refractivity contribution in [1.29, 1.82) is 0 Å². The number of hydrogen-bond acceptors (Lipinski definition) is 5. The molecule has 0 fully saturated rings. The zero-order valence-corrected chi connectivity index (χ0v) is 13.2. The summed E-state index contributed by atoms with van der Waals surface area (Å²) in [6, 6.07) is 0. The number of halogens is 1. The van der Waals surface area contributed by atoms with Gasteiger partial charge in [0.25, 0.3) is 5.56 Å². The molecule has 3 N–H and O–H groups in total. The van der Waals surface area contributed by atoms with Gasteiger partial charge in [0, 0.05) is 19.6 Å². The Morgan fingerprint density at radius 1 is 1.46 bits per heavy atom. The first kappa shape index (κ1) is 16.2. The number of hydrogen-bond donors (Lipinski definition) is 3. The van der Waals surface area contributed by atoms with E-state index in [4.69, 9.17) is 0 Å². The van der Waals surface area contributed by atoms with Crippen LogP contribution in [0.4, 0.5) is 4.39 Å². The lowest BCUT2D eigenvalue weighted by atomic mass is 10.2. The summed E-state index contributed by atoms with van der Waals surface area (Å²) in [7, 11) is 0. The van der Waals surface area contributed by atoms with Gasteiger partial charge in [-0.1, -0.05) is 18.7 Å². The summed E-state index contributed by atoms with van der Waals surface area (Å²) in [5.41, 5.74) is 0.929. The molecule has 0 aromatic carbocycles. The van der Waals surface area contributed by atoms with Crippen molar-refractivity contribution in [3.63, 3.8) is 0 Å². The Hall–Kier alpha value is -2.67. The molecule has 0 saturated heterocycles. The van der Waals surface area contributed by atoms with Gasteiger partial charge in [-0.3, -0.25) is 9.36 Å². The largest absolute Gasteiger partial charge is 0.501 e. The maximum atomic E-state index is 13.2. The van der Waals surface area contributed by atoms with Gasteiger partial charge in [-0.15, -0.1) is 0 Å². The fourth-order valence-corrected chi connectivity index (χ4v) is 2.62. The zero-order chi connectivity index (χ0) is 17.1. The molecule has 1 aromatic heterocycles. The number of nitrogens with zero attached hydrogens (tertiary/aromatic N) is 2. The second-order valence-electron chi connectivity index (χ2n) is 5.63. The Balaban J connectivity index is 1.76. The minimum absolute atomic E-state index is 0.150. The Labute approximate surface area is 138 Å². The first-order chi connectivity index (χ1) is 11.6. The smallest absolute Gasteiger partial charge is 0.296 e. The predicted octanol–water partition coefficient (Wildman–Crippen LogP) is 1.35. The monoisotopic (exact) mass is 330 g/mol. The summed E-state index contributed by atoms with van der Waals surface area (Å²) in [6.07, 6.45) is 6.97. The van der Waals surface area contributed by atoms with Gasteiger partial charge in [-0.2, -0.15) is 0 Å². The van der Waals surface area contributed by atoms with Crippen molar-refractivity contribution in [1.82, 2.24) is 20.2 Å². The molecule has 0 amide bonds. The van der Waals surface area contributed by atoms with Crippen LogP contribution in [0, 0.1) is 0 Å². The number of fused-ring (bicyclic) bond motifs is 1. The molecule has 0 radical (unpaired) electrons. The summed E-state index contributed by atoms with van der Waals surface area (Å²) >= 11 is 0. The highest BCUT2D eigenvalue weighted by Crippen LogP contribution is 2.18. The van der Waals surface area contributed by atoms with Gasteiger partial charge in [0.1, 0.15) is 17.3 Å². The van der Waals surface area contributed by atoms with Gasteiger partial charge in [-0.05, 0) is 24.1 Å². The minimum atomic E-state index is -0.459. The van der Waals surface area contributed by atoms with Gasteiger partial charge < -0.3 is 15.7 Å². The van der Waals surface area contributed by atoms with E-state index < -0.39 is 11.3 Å². The number of rotatable bonds is 4. The molecule has 0 bridgehead atoms. The number of allylic oxidation sites excluding steroid dienone is 4. The number of nitrogens with one attached hydrogen (secondary N) is 2. The first-order valence-corrected chi connectivity index (χ1v) is 7.75. The summed E-state index contributed by atoms with van der Waals surface area (Å²) in [5.74, 6) is -0.104. The van der Waals surface area contributed by atoms with Gasteiger partial charge in [0.15, 0.2) is 0 Å². The molecule has 24 heavy (non-hydrogen) atoms. The molecule has 0 spiro atoms. The average Bonchev–Trinajstić information content (AvgIpc) is 2.80. The van der Waals surface area contributed by atoms with E-state index >= 15 is 0 Å². The highest BCUT2D eigenvalue weighted by molar-refractivity contribution is 5.63. The fraction of sp³-hybridized carbons (Fsp3) is 0.294. The van der Waals surface area contributed by atoms with Crippen LogP contribution in [0.3, 0.4) is 0 Å². The third-order valence-electron chi connectivity index (χ3n) is 3.96. The van der Waals surface area contributed by atoms with Crippen molar-refractivity contribution < 1.29 is 9.50 Å². The summed E-state index contributed by atoms with van der Waals surface area (Å²) in [5, 5.41) is 16.3. The molecule has 0 atom stereocenters. The normalized spacial score (nSPS) is 16.7. The van der Waals surface area contributed by atoms with E-state index in [1.807, 2.05) is 6.08 Å². The summed E-state index contributed by atoms with van der Waals surface area (Å²) < 4.78 is 14.6. The Kier molecular flexibility index (Phi) is 4.61. The van der Waals surface area contributed by atoms with Crippen LogP contribution in [-0.2, 0) is 13.1 Å². The minimum Gasteiger partial charge on any atom is -0.501 e. The van der Waals surface area contributed by atoms with Crippen LogP contribution in [0.15, 0.2) is 47.1 Å². The van der Waals surface area contributed by atoms with E-state index in [0.29, 0.717) is 44.1 Å². The SMILES string of the molecule is C=C(NCC1=CCC=C(F)C=C1)c1nc2n(c(=O)c1O)CCNC2. The van der Waals surface area contributed by atoms with Gasteiger partial charge >= 0.3 is 0 Å². The molecule has 7 heteroatoms. The number of aromatic hydroxyl groups is 1. The van der Waals surface area contributed by atoms with E-state index in [1.54, 1.807) is 6.08 Å². The van der Waals surface area contributed by atoms with Crippen molar-refractivity contribution in [3.05, 3.63) is 64.2 Å². The zero-order valence-electron chi connectivity index (χ0n) is 13.2. The van der Waals surface area contributed by atoms with E-state index in [1.165, 1.54) is 16.7 Å². The Bertz CT molecular complexity index is 821. The molecule has 3 rings (SSSR count).